The van der Waals surface area contributed by atoms with Crippen LogP contribution in [0.15, 0.2) is 6.20 Å². The van der Waals surface area contributed by atoms with Crippen LogP contribution in [0, 0.1) is 11.8 Å². The van der Waals surface area contributed by atoms with Gasteiger partial charge in [0.2, 0.25) is 0 Å². The largest absolute Gasteiger partial charge is 0.381 e. The molecule has 5 nitrogen and oxygen atoms in total. The van der Waals surface area contributed by atoms with Crippen LogP contribution < -0.4 is 5.32 Å². The van der Waals surface area contributed by atoms with Gasteiger partial charge in [-0.2, -0.15) is 0 Å². The molecule has 0 amide bonds. The molecule has 3 unspecified atom stereocenters. The fraction of sp³-hybridized carbons (Fsp3) is 0.846. The second-order valence-electron chi connectivity index (χ2n) is 5.01. The Kier molecular flexibility index (Phi) is 4.72. The van der Waals surface area contributed by atoms with E-state index in [0.717, 1.165) is 32.7 Å². The molecule has 1 aromatic rings. The van der Waals surface area contributed by atoms with Crippen molar-refractivity contribution in [3.05, 3.63) is 11.9 Å². The Morgan fingerprint density at radius 3 is 3.06 bits per heavy atom. The van der Waals surface area contributed by atoms with Crippen LogP contribution in [0.2, 0.25) is 0 Å². The molecule has 0 bridgehead atoms. The van der Waals surface area contributed by atoms with Crippen LogP contribution in [0.3, 0.4) is 0 Å². The lowest BCUT2D eigenvalue weighted by molar-refractivity contribution is 0.00966. The molecular formula is C13H24N4O. The molecule has 0 aliphatic carbocycles. The van der Waals surface area contributed by atoms with Gasteiger partial charge in [-0.05, 0) is 31.7 Å². The molecule has 3 atom stereocenters. The van der Waals surface area contributed by atoms with Gasteiger partial charge in [0.25, 0.3) is 0 Å². The minimum atomic E-state index is 0.337. The third-order valence-electron chi connectivity index (χ3n) is 3.83. The molecule has 5 heteroatoms. The minimum Gasteiger partial charge on any atom is -0.381 e. The first kappa shape index (κ1) is 13.5. The van der Waals surface area contributed by atoms with Gasteiger partial charge in [-0.25, -0.2) is 4.68 Å². The number of nitrogens with zero attached hydrogens (tertiary/aromatic N) is 3. The van der Waals surface area contributed by atoms with E-state index in [-0.39, 0.29) is 0 Å². The van der Waals surface area contributed by atoms with Gasteiger partial charge in [0.15, 0.2) is 0 Å². The number of hydrogen-bond donors (Lipinski definition) is 1. The summed E-state index contributed by atoms with van der Waals surface area (Å²) in [5.74, 6) is 1.17. The zero-order valence-corrected chi connectivity index (χ0v) is 11.6. The highest BCUT2D eigenvalue weighted by Gasteiger charge is 2.32. The van der Waals surface area contributed by atoms with Crippen molar-refractivity contribution in [2.45, 2.75) is 39.8 Å². The van der Waals surface area contributed by atoms with Crippen molar-refractivity contribution in [1.82, 2.24) is 20.3 Å². The van der Waals surface area contributed by atoms with Crippen LogP contribution in [0.1, 0.15) is 38.9 Å². The van der Waals surface area contributed by atoms with Gasteiger partial charge in [0.05, 0.1) is 17.9 Å². The fourth-order valence-corrected chi connectivity index (χ4v) is 2.84. The van der Waals surface area contributed by atoms with Gasteiger partial charge in [0, 0.05) is 19.8 Å². The first-order chi connectivity index (χ1) is 8.77. The van der Waals surface area contributed by atoms with Gasteiger partial charge < -0.3 is 10.1 Å². The van der Waals surface area contributed by atoms with E-state index in [9.17, 15) is 0 Å². The smallest absolute Gasteiger partial charge is 0.0759 e. The molecule has 0 spiro atoms. The maximum atomic E-state index is 5.55. The van der Waals surface area contributed by atoms with E-state index in [0.29, 0.717) is 17.9 Å². The third-order valence-corrected chi connectivity index (χ3v) is 3.83. The van der Waals surface area contributed by atoms with Crippen molar-refractivity contribution in [3.63, 3.8) is 0 Å². The molecule has 1 fully saturated rings. The predicted molar refractivity (Wildman–Crippen MR) is 70.2 cm³/mol. The molecular weight excluding hydrogens is 228 g/mol. The molecule has 102 valence electrons. The Labute approximate surface area is 109 Å². The summed E-state index contributed by atoms with van der Waals surface area (Å²) in [5.41, 5.74) is 1.21. The summed E-state index contributed by atoms with van der Waals surface area (Å²) >= 11 is 0. The molecule has 1 N–H and O–H groups in total. The Bertz CT molecular complexity index is 366. The van der Waals surface area contributed by atoms with E-state index < -0.39 is 0 Å². The van der Waals surface area contributed by atoms with E-state index in [1.54, 1.807) is 0 Å². The first-order valence-electron chi connectivity index (χ1n) is 6.97. The third kappa shape index (κ3) is 2.72. The average molecular weight is 252 g/mol. The van der Waals surface area contributed by atoms with Crippen LogP contribution in [-0.2, 0) is 11.3 Å². The van der Waals surface area contributed by atoms with E-state index in [2.05, 4.69) is 36.4 Å². The van der Waals surface area contributed by atoms with E-state index in [4.69, 9.17) is 4.74 Å². The SMILES string of the molecule is CCNC(c1cnnn1CC)C1CCOCC1C. The molecule has 18 heavy (non-hydrogen) atoms. The Balaban J connectivity index is 2.21. The van der Waals surface area contributed by atoms with Gasteiger partial charge in [-0.15, -0.1) is 5.10 Å². The molecule has 2 heterocycles. The predicted octanol–water partition coefficient (Wildman–Crippen LogP) is 1.62. The number of aromatic nitrogens is 3. The summed E-state index contributed by atoms with van der Waals surface area (Å²) < 4.78 is 7.54. The summed E-state index contributed by atoms with van der Waals surface area (Å²) in [4.78, 5) is 0. The Morgan fingerprint density at radius 1 is 1.56 bits per heavy atom. The monoisotopic (exact) mass is 252 g/mol. The molecule has 2 rings (SSSR count). The summed E-state index contributed by atoms with van der Waals surface area (Å²) in [6, 6.07) is 0.337. The Hall–Kier alpha value is -0.940. The van der Waals surface area contributed by atoms with Crippen molar-refractivity contribution in [2.24, 2.45) is 11.8 Å². The number of rotatable bonds is 5. The summed E-state index contributed by atoms with van der Waals surface area (Å²) in [6.07, 6.45) is 3.01. The Morgan fingerprint density at radius 2 is 2.39 bits per heavy atom. The van der Waals surface area contributed by atoms with Crippen LogP contribution in [0.4, 0.5) is 0 Å². The van der Waals surface area contributed by atoms with Crippen molar-refractivity contribution >= 4 is 0 Å². The number of aryl methyl sites for hydroxylation is 1. The first-order valence-corrected chi connectivity index (χ1v) is 6.97. The van der Waals surface area contributed by atoms with Crippen LogP contribution in [0.25, 0.3) is 0 Å². The van der Waals surface area contributed by atoms with Crippen molar-refractivity contribution in [2.75, 3.05) is 19.8 Å². The molecule has 0 saturated carbocycles. The minimum absolute atomic E-state index is 0.337. The summed E-state index contributed by atoms with van der Waals surface area (Å²) in [6.45, 7) is 10.1. The normalized spacial score (nSPS) is 26.2. The molecule has 0 radical (unpaired) electrons. The molecule has 1 saturated heterocycles. The van der Waals surface area contributed by atoms with E-state index in [1.807, 2.05) is 10.9 Å². The quantitative estimate of drug-likeness (QED) is 0.865. The van der Waals surface area contributed by atoms with Crippen LogP contribution >= 0.6 is 0 Å². The van der Waals surface area contributed by atoms with Crippen molar-refractivity contribution < 1.29 is 4.74 Å². The van der Waals surface area contributed by atoms with Crippen molar-refractivity contribution in [1.29, 1.82) is 0 Å². The maximum absolute atomic E-state index is 5.55. The lowest BCUT2D eigenvalue weighted by Crippen LogP contribution is -2.38. The number of nitrogens with one attached hydrogen (secondary N) is 1. The molecule has 1 aliphatic heterocycles. The maximum Gasteiger partial charge on any atom is 0.0759 e. The van der Waals surface area contributed by atoms with Crippen LogP contribution in [0.5, 0.6) is 0 Å². The van der Waals surface area contributed by atoms with E-state index in [1.165, 1.54) is 5.69 Å². The lowest BCUT2D eigenvalue weighted by Gasteiger charge is -2.35. The number of ether oxygens (including phenoxy) is 1. The average Bonchev–Trinajstić information content (AvgIpc) is 2.85. The number of hydrogen-bond acceptors (Lipinski definition) is 4. The highest BCUT2D eigenvalue weighted by molar-refractivity contribution is 5.05. The summed E-state index contributed by atoms with van der Waals surface area (Å²) in [5, 5.41) is 11.8. The second kappa shape index (κ2) is 6.29. The highest BCUT2D eigenvalue weighted by Crippen LogP contribution is 2.33. The topological polar surface area (TPSA) is 52.0 Å². The zero-order valence-electron chi connectivity index (χ0n) is 11.6. The van der Waals surface area contributed by atoms with E-state index >= 15 is 0 Å². The molecule has 1 aromatic heterocycles. The summed E-state index contributed by atoms with van der Waals surface area (Å²) in [7, 11) is 0. The lowest BCUT2D eigenvalue weighted by atomic mass is 9.82. The van der Waals surface area contributed by atoms with Gasteiger partial charge in [-0.1, -0.05) is 19.1 Å². The van der Waals surface area contributed by atoms with Gasteiger partial charge >= 0.3 is 0 Å². The van der Waals surface area contributed by atoms with Gasteiger partial charge in [0.1, 0.15) is 0 Å². The zero-order chi connectivity index (χ0) is 13.0. The fourth-order valence-electron chi connectivity index (χ4n) is 2.84. The van der Waals surface area contributed by atoms with Gasteiger partial charge in [-0.3, -0.25) is 0 Å². The standard InChI is InChI=1S/C13H24N4O/c1-4-14-13(11-6-7-18-9-10(11)3)12-8-15-16-17(12)5-2/h8,10-11,13-14H,4-7,9H2,1-3H3. The molecule has 0 aromatic carbocycles. The highest BCUT2D eigenvalue weighted by atomic mass is 16.5. The van der Waals surface area contributed by atoms with Crippen molar-refractivity contribution in [3.8, 4) is 0 Å². The molecule has 1 aliphatic rings. The second-order valence-corrected chi connectivity index (χ2v) is 5.01. The van der Waals surface area contributed by atoms with Crippen LogP contribution in [-0.4, -0.2) is 34.8 Å².